The van der Waals surface area contributed by atoms with Crippen molar-refractivity contribution in [3.8, 4) is 23.0 Å². The number of aliphatic hydroxyl groups excluding tert-OH is 3. The molecule has 2 saturated heterocycles. The van der Waals surface area contributed by atoms with Crippen LogP contribution in [0.3, 0.4) is 0 Å². The number of methoxy groups -OCH3 is 2. The van der Waals surface area contributed by atoms with Crippen LogP contribution >= 0.6 is 0 Å². The third-order valence-corrected chi connectivity index (χ3v) is 7.53. The summed E-state index contributed by atoms with van der Waals surface area (Å²) in [5.74, 6) is -1.29. The number of benzene rings is 2. The van der Waals surface area contributed by atoms with Gasteiger partial charge in [-0.25, -0.2) is 4.79 Å². The van der Waals surface area contributed by atoms with Crippen LogP contribution in [0.2, 0.25) is 0 Å². The maximum absolute atomic E-state index is 13.2. The standard InChI is InChI=1S/C26H32N2O10/c1-35-15-6-4-3-5-14(15)28-9-7-27(8-10-28)11-13-17-18(21(32)24(36-2)19(13)30)23-25(38-26(17)34)22(33)20(31)16(12-29)37-23/h3-6,16,20,22-23,25,29-33H,7-12H2,1-2H3/t16-,20-,22+,23+,25+/m1/s1. The summed E-state index contributed by atoms with van der Waals surface area (Å²) in [6, 6.07) is 7.74. The van der Waals surface area contributed by atoms with Gasteiger partial charge in [-0.3, -0.25) is 4.90 Å². The van der Waals surface area contributed by atoms with Gasteiger partial charge in [0.15, 0.2) is 17.6 Å². The molecule has 0 aliphatic carbocycles. The number of aromatic hydroxyl groups is 2. The first-order chi connectivity index (χ1) is 18.3. The topological polar surface area (TPSA) is 162 Å². The fourth-order valence-corrected chi connectivity index (χ4v) is 5.53. The Bertz CT molecular complexity index is 1200. The van der Waals surface area contributed by atoms with Crippen LogP contribution in [0.15, 0.2) is 24.3 Å². The van der Waals surface area contributed by atoms with Crippen LogP contribution in [0.25, 0.3) is 0 Å². The van der Waals surface area contributed by atoms with Gasteiger partial charge in [0.25, 0.3) is 0 Å². The summed E-state index contributed by atoms with van der Waals surface area (Å²) >= 11 is 0. The molecule has 3 heterocycles. The lowest BCUT2D eigenvalue weighted by Crippen LogP contribution is -2.58. The zero-order chi connectivity index (χ0) is 27.1. The Hall–Kier alpha value is -3.29. The summed E-state index contributed by atoms with van der Waals surface area (Å²) in [4.78, 5) is 17.4. The minimum absolute atomic E-state index is 0.0204. The molecule has 206 valence electrons. The average molecular weight is 533 g/mol. The highest BCUT2D eigenvalue weighted by Gasteiger charge is 2.53. The summed E-state index contributed by atoms with van der Waals surface area (Å²) in [6.45, 7) is 2.07. The second kappa shape index (κ2) is 10.5. The number of hydrogen-bond acceptors (Lipinski definition) is 12. The number of phenols is 2. The Morgan fingerprint density at radius 2 is 1.71 bits per heavy atom. The first-order valence-corrected chi connectivity index (χ1v) is 12.4. The van der Waals surface area contributed by atoms with Gasteiger partial charge in [0.1, 0.15) is 30.2 Å². The van der Waals surface area contributed by atoms with Crippen molar-refractivity contribution in [2.45, 2.75) is 37.1 Å². The third kappa shape index (κ3) is 4.28. The largest absolute Gasteiger partial charge is 0.504 e. The molecule has 0 spiro atoms. The number of anilines is 1. The molecular weight excluding hydrogens is 500 g/mol. The SMILES string of the molecule is COc1ccccc1N1CCN(Cc2c(O)c(OC)c(O)c3c2C(=O)O[C@H]2[C@@H](O)[C@H](O)[C@@H](CO)O[C@@H]32)CC1. The Morgan fingerprint density at radius 3 is 2.37 bits per heavy atom. The summed E-state index contributed by atoms with van der Waals surface area (Å²) in [5.41, 5.74) is 1.06. The van der Waals surface area contributed by atoms with Crippen LogP contribution in [-0.4, -0.2) is 108 Å². The number of esters is 1. The second-order valence-electron chi connectivity index (χ2n) is 9.56. The number of carbonyl (C=O) groups excluding carboxylic acids is 1. The number of aliphatic hydroxyl groups is 3. The molecule has 0 saturated carbocycles. The monoisotopic (exact) mass is 532 g/mol. The van der Waals surface area contributed by atoms with Gasteiger partial charge in [-0.1, -0.05) is 12.1 Å². The Balaban J connectivity index is 1.46. The van der Waals surface area contributed by atoms with Crippen molar-refractivity contribution in [2.24, 2.45) is 0 Å². The van der Waals surface area contributed by atoms with E-state index in [4.69, 9.17) is 18.9 Å². The van der Waals surface area contributed by atoms with Crippen LogP contribution in [0.4, 0.5) is 5.69 Å². The highest BCUT2D eigenvalue weighted by atomic mass is 16.6. The fourth-order valence-electron chi connectivity index (χ4n) is 5.53. The zero-order valence-corrected chi connectivity index (χ0v) is 21.1. The van der Waals surface area contributed by atoms with Gasteiger partial charge in [-0.2, -0.15) is 0 Å². The maximum atomic E-state index is 13.2. The van der Waals surface area contributed by atoms with Crippen LogP contribution in [0.5, 0.6) is 23.0 Å². The molecule has 0 amide bonds. The van der Waals surface area contributed by atoms with Gasteiger partial charge in [-0.05, 0) is 12.1 Å². The van der Waals surface area contributed by atoms with Crippen molar-refractivity contribution in [1.29, 1.82) is 0 Å². The Labute approximate surface area is 219 Å². The van der Waals surface area contributed by atoms with E-state index >= 15 is 0 Å². The van der Waals surface area contributed by atoms with Crippen molar-refractivity contribution < 1.29 is 49.3 Å². The van der Waals surface area contributed by atoms with E-state index in [1.807, 2.05) is 29.2 Å². The average Bonchev–Trinajstić information content (AvgIpc) is 2.93. The van der Waals surface area contributed by atoms with Gasteiger partial charge >= 0.3 is 5.97 Å². The molecular formula is C26H32N2O10. The lowest BCUT2D eigenvalue weighted by molar-refractivity contribution is -0.235. The Morgan fingerprint density at radius 1 is 1.00 bits per heavy atom. The van der Waals surface area contributed by atoms with Crippen molar-refractivity contribution in [1.82, 2.24) is 4.90 Å². The number of piperazine rings is 1. The normalized spacial score (nSPS) is 27.3. The molecule has 0 unspecified atom stereocenters. The highest BCUT2D eigenvalue weighted by Crippen LogP contribution is 2.52. The molecule has 12 nitrogen and oxygen atoms in total. The van der Waals surface area contributed by atoms with Crippen LogP contribution in [0.1, 0.15) is 27.6 Å². The molecule has 3 aliphatic rings. The predicted octanol–water partition coefficient (Wildman–Crippen LogP) is 0.130. The third-order valence-electron chi connectivity index (χ3n) is 7.53. The lowest BCUT2D eigenvalue weighted by atomic mass is 9.84. The molecule has 5 N–H and O–H groups in total. The molecule has 3 aliphatic heterocycles. The number of hydrogen-bond donors (Lipinski definition) is 5. The van der Waals surface area contributed by atoms with E-state index in [1.165, 1.54) is 7.11 Å². The summed E-state index contributed by atoms with van der Waals surface area (Å²) in [6.07, 6.45) is -6.77. The predicted molar refractivity (Wildman–Crippen MR) is 133 cm³/mol. The molecule has 5 rings (SSSR count). The summed E-state index contributed by atoms with van der Waals surface area (Å²) in [5, 5.41) is 52.5. The number of nitrogens with zero attached hydrogens (tertiary/aromatic N) is 2. The van der Waals surface area contributed by atoms with Gasteiger partial charge in [0.05, 0.1) is 32.1 Å². The molecule has 5 atom stereocenters. The molecule has 2 fully saturated rings. The van der Waals surface area contributed by atoms with E-state index in [0.29, 0.717) is 26.2 Å². The van der Waals surface area contributed by atoms with Crippen LogP contribution in [0, 0.1) is 0 Å². The minimum atomic E-state index is -1.56. The second-order valence-corrected chi connectivity index (χ2v) is 9.56. The van der Waals surface area contributed by atoms with Crippen molar-refractivity contribution in [3.63, 3.8) is 0 Å². The van der Waals surface area contributed by atoms with E-state index in [-0.39, 0.29) is 29.0 Å². The summed E-state index contributed by atoms with van der Waals surface area (Å²) in [7, 11) is 2.90. The lowest BCUT2D eigenvalue weighted by Gasteiger charge is -2.45. The fraction of sp³-hybridized carbons (Fsp3) is 0.500. The Kier molecular flexibility index (Phi) is 7.25. The first kappa shape index (κ1) is 26.3. The van der Waals surface area contributed by atoms with E-state index in [9.17, 15) is 30.3 Å². The zero-order valence-electron chi connectivity index (χ0n) is 21.1. The van der Waals surface area contributed by atoms with Crippen LogP contribution in [-0.2, 0) is 16.0 Å². The minimum Gasteiger partial charge on any atom is -0.504 e. The number of rotatable bonds is 6. The number of ether oxygens (including phenoxy) is 4. The number of phenolic OH excluding ortho intramolecular Hbond substituents is 2. The van der Waals surface area contributed by atoms with Crippen LogP contribution < -0.4 is 14.4 Å². The molecule has 2 aromatic carbocycles. The number of para-hydroxylation sites is 2. The molecule has 0 radical (unpaired) electrons. The van der Waals surface area contributed by atoms with Crippen molar-refractivity contribution in [2.75, 3.05) is 51.9 Å². The summed E-state index contributed by atoms with van der Waals surface area (Å²) < 4.78 is 22.0. The molecule has 38 heavy (non-hydrogen) atoms. The van der Waals surface area contributed by atoms with Gasteiger partial charge in [0.2, 0.25) is 5.75 Å². The smallest absolute Gasteiger partial charge is 0.339 e. The molecule has 0 aromatic heterocycles. The van der Waals surface area contributed by atoms with E-state index in [1.54, 1.807) is 7.11 Å². The van der Waals surface area contributed by atoms with Gasteiger partial charge in [0, 0.05) is 43.9 Å². The quantitative estimate of drug-likeness (QED) is 0.320. The number of carbonyl (C=O) groups is 1. The van der Waals surface area contributed by atoms with Gasteiger partial charge in [-0.15, -0.1) is 0 Å². The van der Waals surface area contributed by atoms with Gasteiger partial charge < -0.3 is 49.4 Å². The van der Waals surface area contributed by atoms with E-state index in [0.717, 1.165) is 11.4 Å². The number of fused-ring (bicyclic) bond motifs is 3. The first-order valence-electron chi connectivity index (χ1n) is 12.4. The van der Waals surface area contributed by atoms with E-state index in [2.05, 4.69) is 4.90 Å². The molecule has 12 heteroatoms. The maximum Gasteiger partial charge on any atom is 0.339 e. The van der Waals surface area contributed by atoms with Crippen molar-refractivity contribution in [3.05, 3.63) is 41.0 Å². The highest BCUT2D eigenvalue weighted by molar-refractivity contribution is 5.97. The van der Waals surface area contributed by atoms with Crippen molar-refractivity contribution >= 4 is 11.7 Å². The molecule has 2 aromatic rings. The van der Waals surface area contributed by atoms with E-state index < -0.39 is 54.6 Å². The molecule has 0 bridgehead atoms.